The lowest BCUT2D eigenvalue weighted by molar-refractivity contribution is -0.162. The Bertz CT molecular complexity index is 184. The van der Waals surface area contributed by atoms with Gasteiger partial charge in [0, 0.05) is 27.4 Å². The van der Waals surface area contributed by atoms with Crippen molar-refractivity contribution in [1.29, 1.82) is 0 Å². The summed E-state index contributed by atoms with van der Waals surface area (Å²) in [4.78, 5) is 0. The lowest BCUT2D eigenvalue weighted by Gasteiger charge is -2.34. The topological polar surface area (TPSA) is 55.4 Å². The van der Waals surface area contributed by atoms with E-state index in [0.717, 1.165) is 0 Å². The van der Waals surface area contributed by atoms with Gasteiger partial charge in [-0.05, 0) is 20.8 Å². The van der Waals surface area contributed by atoms with Crippen LogP contribution < -0.4 is 0 Å². The van der Waals surface area contributed by atoms with Crippen molar-refractivity contribution >= 4 is 8.80 Å². The van der Waals surface area contributed by atoms with Crippen molar-refractivity contribution in [3.05, 3.63) is 0 Å². The predicted octanol–water partition coefficient (Wildman–Crippen LogP) is 1.97. The summed E-state index contributed by atoms with van der Waals surface area (Å²) in [7, 11) is 1.81. The van der Waals surface area contributed by atoms with Crippen LogP contribution in [0.4, 0.5) is 0 Å². The predicted molar refractivity (Wildman–Crippen MR) is 68.9 cm³/mol. The number of hydrogen-bond donors (Lipinski definition) is 0. The first-order valence-electron chi connectivity index (χ1n) is 6.04. The molecule has 0 amide bonds. The third-order valence-electron chi connectivity index (χ3n) is 2.47. The van der Waals surface area contributed by atoms with Crippen LogP contribution >= 0.6 is 0 Å². The van der Waals surface area contributed by atoms with Gasteiger partial charge in [-0.1, -0.05) is 6.92 Å². The number of methoxy groups -OCH3 is 3. The third kappa shape index (κ3) is 6.23. The monoisotopic (exact) mass is 282 g/mol. The molecule has 0 aliphatic rings. The first kappa shape index (κ1) is 18.0. The number of ether oxygens (including phenoxy) is 3. The molecule has 18 heavy (non-hydrogen) atoms. The van der Waals surface area contributed by atoms with Crippen LogP contribution in [0.25, 0.3) is 0 Å². The van der Waals surface area contributed by atoms with Gasteiger partial charge in [-0.25, -0.2) is 0 Å². The van der Waals surface area contributed by atoms with Gasteiger partial charge in [-0.3, -0.25) is 0 Å². The number of hydrogen-bond acceptors (Lipinski definition) is 6. The molecule has 0 fully saturated rings. The van der Waals surface area contributed by atoms with E-state index in [4.69, 9.17) is 27.5 Å². The summed E-state index contributed by atoms with van der Waals surface area (Å²) in [5, 5.41) is 0. The van der Waals surface area contributed by atoms with E-state index in [1.165, 1.54) is 0 Å². The van der Waals surface area contributed by atoms with Crippen molar-refractivity contribution < 1.29 is 27.5 Å². The fourth-order valence-corrected chi connectivity index (χ4v) is 3.71. The molecule has 7 heteroatoms. The van der Waals surface area contributed by atoms with Crippen LogP contribution in [0.3, 0.4) is 0 Å². The van der Waals surface area contributed by atoms with Crippen molar-refractivity contribution in [2.75, 3.05) is 21.3 Å². The van der Waals surface area contributed by atoms with Gasteiger partial charge in [-0.15, -0.1) is 0 Å². The normalized spacial score (nSPS) is 20.2. The van der Waals surface area contributed by atoms with Crippen LogP contribution in [0.1, 0.15) is 27.7 Å². The van der Waals surface area contributed by atoms with Crippen LogP contribution in [-0.2, 0) is 27.5 Å². The number of rotatable bonds is 10. The molecule has 110 valence electrons. The Morgan fingerprint density at radius 3 is 1.17 bits per heavy atom. The first-order chi connectivity index (χ1) is 8.42. The molecule has 3 unspecified atom stereocenters. The van der Waals surface area contributed by atoms with E-state index < -0.39 is 27.7 Å². The summed E-state index contributed by atoms with van der Waals surface area (Å²) in [6.07, 6.45) is -1.24. The second-order valence-electron chi connectivity index (χ2n) is 3.80. The SMILES string of the molecule is CC[Si](OC(C)OC)(OC(C)OC)OC(C)OC. The van der Waals surface area contributed by atoms with Crippen LogP contribution in [0, 0.1) is 0 Å². The molecule has 0 aliphatic heterocycles. The van der Waals surface area contributed by atoms with Crippen molar-refractivity contribution in [2.24, 2.45) is 0 Å². The van der Waals surface area contributed by atoms with Crippen LogP contribution in [0.15, 0.2) is 0 Å². The van der Waals surface area contributed by atoms with E-state index in [1.807, 2.05) is 6.92 Å². The Kier molecular flexibility index (Phi) is 8.96. The van der Waals surface area contributed by atoms with Gasteiger partial charge in [0.1, 0.15) is 18.9 Å². The molecule has 0 heterocycles. The van der Waals surface area contributed by atoms with Crippen LogP contribution in [0.2, 0.25) is 6.04 Å². The first-order valence-corrected chi connectivity index (χ1v) is 7.98. The summed E-state index contributed by atoms with van der Waals surface area (Å²) in [6, 6.07) is 0.599. The zero-order valence-corrected chi connectivity index (χ0v) is 13.4. The Balaban J connectivity index is 4.81. The van der Waals surface area contributed by atoms with Gasteiger partial charge in [0.15, 0.2) is 0 Å². The molecule has 3 atom stereocenters. The fourth-order valence-electron chi connectivity index (χ4n) is 1.24. The highest BCUT2D eigenvalue weighted by Crippen LogP contribution is 2.22. The molecule has 6 nitrogen and oxygen atoms in total. The van der Waals surface area contributed by atoms with Gasteiger partial charge < -0.3 is 27.5 Å². The van der Waals surface area contributed by atoms with E-state index in [-0.39, 0.29) is 0 Å². The molecule has 0 N–H and O–H groups in total. The molecule has 0 aromatic rings. The summed E-state index contributed by atoms with van der Waals surface area (Å²) in [5.74, 6) is 0. The van der Waals surface area contributed by atoms with E-state index in [1.54, 1.807) is 42.1 Å². The second-order valence-corrected chi connectivity index (χ2v) is 6.58. The standard InChI is InChI=1S/C11H26O6Si/c1-8-18(15-9(2)12-5,16-10(3)13-6)17-11(4)14-7/h9-11H,8H2,1-7H3. The molecule has 0 saturated heterocycles. The van der Waals surface area contributed by atoms with Crippen LogP contribution in [-0.4, -0.2) is 49.0 Å². The summed E-state index contributed by atoms with van der Waals surface area (Å²) >= 11 is 0. The van der Waals surface area contributed by atoms with E-state index in [9.17, 15) is 0 Å². The molecule has 0 aliphatic carbocycles. The summed E-state index contributed by atoms with van der Waals surface area (Å²) in [5.41, 5.74) is 0. The van der Waals surface area contributed by atoms with Crippen molar-refractivity contribution in [3.63, 3.8) is 0 Å². The highest BCUT2D eigenvalue weighted by Gasteiger charge is 2.44. The average molecular weight is 282 g/mol. The molecule has 0 aromatic heterocycles. The molecule has 0 aromatic carbocycles. The minimum Gasteiger partial charge on any atom is -0.357 e. The third-order valence-corrected chi connectivity index (χ3v) is 5.40. The zero-order valence-electron chi connectivity index (χ0n) is 12.4. The fraction of sp³-hybridized carbons (Fsp3) is 1.00. The second kappa shape index (κ2) is 8.97. The molecule has 0 radical (unpaired) electrons. The maximum atomic E-state index is 5.79. The van der Waals surface area contributed by atoms with E-state index in [2.05, 4.69) is 0 Å². The van der Waals surface area contributed by atoms with Gasteiger partial charge in [0.2, 0.25) is 0 Å². The minimum atomic E-state index is -2.90. The van der Waals surface area contributed by atoms with E-state index >= 15 is 0 Å². The quantitative estimate of drug-likeness (QED) is 0.451. The van der Waals surface area contributed by atoms with E-state index in [0.29, 0.717) is 6.04 Å². The molecule has 0 bridgehead atoms. The Morgan fingerprint density at radius 1 is 0.722 bits per heavy atom. The smallest absolute Gasteiger partial charge is 0.357 e. The Hall–Kier alpha value is -0.0231. The maximum absolute atomic E-state index is 5.79. The lowest BCUT2D eigenvalue weighted by Crippen LogP contribution is -2.51. The van der Waals surface area contributed by atoms with Gasteiger partial charge >= 0.3 is 8.80 Å². The van der Waals surface area contributed by atoms with Crippen molar-refractivity contribution in [2.45, 2.75) is 52.6 Å². The Labute approximate surface area is 111 Å². The van der Waals surface area contributed by atoms with Crippen molar-refractivity contribution in [1.82, 2.24) is 0 Å². The van der Waals surface area contributed by atoms with Crippen LogP contribution in [0.5, 0.6) is 0 Å². The molecule has 0 spiro atoms. The van der Waals surface area contributed by atoms with Gasteiger partial charge in [-0.2, -0.15) is 0 Å². The molecule has 0 rings (SSSR count). The highest BCUT2D eigenvalue weighted by atomic mass is 28.4. The Morgan fingerprint density at radius 2 is 1.00 bits per heavy atom. The zero-order chi connectivity index (χ0) is 14.2. The largest absolute Gasteiger partial charge is 0.506 e. The van der Waals surface area contributed by atoms with Gasteiger partial charge in [0.25, 0.3) is 0 Å². The lowest BCUT2D eigenvalue weighted by atomic mass is 10.8. The molecule has 0 saturated carbocycles. The minimum absolute atomic E-state index is 0.412. The van der Waals surface area contributed by atoms with Crippen molar-refractivity contribution in [3.8, 4) is 0 Å². The molecular formula is C11H26O6Si. The highest BCUT2D eigenvalue weighted by molar-refractivity contribution is 6.60. The summed E-state index contributed by atoms with van der Waals surface area (Å²) in [6.45, 7) is 7.32. The maximum Gasteiger partial charge on any atom is 0.506 e. The van der Waals surface area contributed by atoms with Gasteiger partial charge in [0.05, 0.1) is 0 Å². The average Bonchev–Trinajstić information content (AvgIpc) is 2.37. The summed E-state index contributed by atoms with van der Waals surface area (Å²) < 4.78 is 32.7. The molecular weight excluding hydrogens is 256 g/mol.